The van der Waals surface area contributed by atoms with Gasteiger partial charge >= 0.3 is 5.97 Å². The maximum atomic E-state index is 12.4. The second-order valence-corrected chi connectivity index (χ2v) is 10.2. The Morgan fingerprint density at radius 1 is 0.889 bits per heavy atom. The summed E-state index contributed by atoms with van der Waals surface area (Å²) in [6.07, 6.45) is 16.2. The van der Waals surface area contributed by atoms with Gasteiger partial charge in [-0.25, -0.2) is 4.79 Å². The van der Waals surface area contributed by atoms with Crippen molar-refractivity contribution in [3.05, 3.63) is 41.2 Å². The van der Waals surface area contributed by atoms with Crippen molar-refractivity contribution < 1.29 is 19.7 Å². The van der Waals surface area contributed by atoms with Crippen LogP contribution in [0, 0.1) is 0 Å². The van der Waals surface area contributed by atoms with Crippen LogP contribution in [0.15, 0.2) is 40.6 Å². The van der Waals surface area contributed by atoms with Crippen molar-refractivity contribution in [2.24, 2.45) is 4.99 Å². The van der Waals surface area contributed by atoms with Crippen LogP contribution in [0.1, 0.15) is 102 Å². The first kappa shape index (κ1) is 29.9. The molecule has 1 aliphatic rings. The van der Waals surface area contributed by atoms with E-state index < -0.39 is 18.7 Å². The summed E-state index contributed by atoms with van der Waals surface area (Å²) in [5, 5.41) is 19.9. The fraction of sp³-hybridized carbons (Fsp3) is 0.667. The average molecular weight is 501 g/mol. The van der Waals surface area contributed by atoms with E-state index >= 15 is 0 Å². The van der Waals surface area contributed by atoms with E-state index in [0.29, 0.717) is 18.7 Å². The van der Waals surface area contributed by atoms with E-state index in [-0.39, 0.29) is 11.3 Å². The SMILES string of the molecule is CCCCCCCCCCCCCCCC(=NCc1ccc(N(C)C)cc1)C1=C(O)C(CO)OC1=O. The number of carbonyl (C=O) groups excluding carboxylic acids is 1. The van der Waals surface area contributed by atoms with Gasteiger partial charge in [-0.15, -0.1) is 0 Å². The lowest BCUT2D eigenvalue weighted by atomic mass is 10.0. The average Bonchev–Trinajstić information content (AvgIpc) is 3.17. The molecule has 0 aromatic heterocycles. The van der Waals surface area contributed by atoms with Gasteiger partial charge < -0.3 is 19.8 Å². The Kier molecular flexibility index (Phi) is 14.3. The Labute approximate surface area is 218 Å². The summed E-state index contributed by atoms with van der Waals surface area (Å²) in [5.41, 5.74) is 2.86. The number of carbonyl (C=O) groups is 1. The second kappa shape index (κ2) is 17.2. The molecule has 202 valence electrons. The maximum absolute atomic E-state index is 12.4. The van der Waals surface area contributed by atoms with E-state index in [4.69, 9.17) is 9.73 Å². The first-order valence-electron chi connectivity index (χ1n) is 14.0. The number of aliphatic hydroxyl groups is 2. The fourth-order valence-corrected chi connectivity index (χ4v) is 4.58. The smallest absolute Gasteiger partial charge is 0.344 e. The molecule has 1 aromatic carbocycles. The highest BCUT2D eigenvalue weighted by atomic mass is 16.6. The van der Waals surface area contributed by atoms with Gasteiger partial charge in [-0.2, -0.15) is 0 Å². The molecule has 1 unspecified atom stereocenters. The van der Waals surface area contributed by atoms with Crippen molar-refractivity contribution in [3.63, 3.8) is 0 Å². The number of aliphatic hydroxyl groups excluding tert-OH is 2. The zero-order valence-electron chi connectivity index (χ0n) is 22.8. The minimum atomic E-state index is -0.983. The van der Waals surface area contributed by atoms with Gasteiger partial charge in [-0.3, -0.25) is 4.99 Å². The van der Waals surface area contributed by atoms with E-state index in [1.165, 1.54) is 70.6 Å². The number of ether oxygens (including phenoxy) is 1. The summed E-state index contributed by atoms with van der Waals surface area (Å²) in [6, 6.07) is 8.14. The Hall–Kier alpha value is -2.34. The highest BCUT2D eigenvalue weighted by Gasteiger charge is 2.36. The lowest BCUT2D eigenvalue weighted by Gasteiger charge is -2.12. The zero-order valence-corrected chi connectivity index (χ0v) is 22.8. The number of hydrogen-bond acceptors (Lipinski definition) is 6. The number of esters is 1. The molecule has 6 heteroatoms. The Morgan fingerprint density at radius 2 is 1.42 bits per heavy atom. The predicted molar refractivity (Wildman–Crippen MR) is 149 cm³/mol. The molecule has 1 aliphatic heterocycles. The number of cyclic esters (lactones) is 1. The van der Waals surface area contributed by atoms with Crippen LogP contribution < -0.4 is 4.90 Å². The van der Waals surface area contributed by atoms with Gasteiger partial charge in [-0.05, 0) is 30.5 Å². The summed E-state index contributed by atoms with van der Waals surface area (Å²) < 4.78 is 5.13. The second-order valence-electron chi connectivity index (χ2n) is 10.2. The molecule has 2 N–H and O–H groups in total. The molecule has 0 amide bonds. The van der Waals surface area contributed by atoms with E-state index in [0.717, 1.165) is 24.1 Å². The van der Waals surface area contributed by atoms with Crippen LogP contribution in [0.2, 0.25) is 0 Å². The molecule has 0 bridgehead atoms. The number of hydrogen-bond donors (Lipinski definition) is 2. The van der Waals surface area contributed by atoms with Crippen LogP contribution in [-0.2, 0) is 16.1 Å². The van der Waals surface area contributed by atoms with E-state index in [1.807, 2.05) is 43.3 Å². The van der Waals surface area contributed by atoms with Crippen LogP contribution in [0.4, 0.5) is 5.69 Å². The topological polar surface area (TPSA) is 82.4 Å². The quantitative estimate of drug-likeness (QED) is 0.123. The first-order valence-corrected chi connectivity index (χ1v) is 14.0. The number of aliphatic imine (C=N–C) groups is 1. The monoisotopic (exact) mass is 500 g/mol. The molecule has 1 aromatic rings. The molecular formula is C30H48N2O4. The fourth-order valence-electron chi connectivity index (χ4n) is 4.58. The van der Waals surface area contributed by atoms with Crippen molar-refractivity contribution in [1.82, 2.24) is 0 Å². The van der Waals surface area contributed by atoms with Crippen LogP contribution in [0.3, 0.4) is 0 Å². The van der Waals surface area contributed by atoms with Gasteiger partial charge in [0.2, 0.25) is 0 Å². The van der Waals surface area contributed by atoms with Crippen LogP contribution in [0.5, 0.6) is 0 Å². The zero-order chi connectivity index (χ0) is 26.2. The van der Waals surface area contributed by atoms with Gasteiger partial charge in [0.25, 0.3) is 0 Å². The van der Waals surface area contributed by atoms with Gasteiger partial charge in [0.15, 0.2) is 11.9 Å². The molecule has 1 atom stereocenters. The first-order chi connectivity index (χ1) is 17.5. The highest BCUT2D eigenvalue weighted by Crippen LogP contribution is 2.25. The molecule has 0 radical (unpaired) electrons. The molecular weight excluding hydrogens is 452 g/mol. The summed E-state index contributed by atoms with van der Waals surface area (Å²) in [7, 11) is 4.00. The molecule has 0 fully saturated rings. The molecule has 6 nitrogen and oxygen atoms in total. The van der Waals surface area contributed by atoms with Crippen molar-refractivity contribution in [2.75, 3.05) is 25.6 Å². The van der Waals surface area contributed by atoms with Gasteiger partial charge in [0, 0.05) is 19.8 Å². The largest absolute Gasteiger partial charge is 0.507 e. The van der Waals surface area contributed by atoms with Crippen LogP contribution >= 0.6 is 0 Å². The predicted octanol–water partition coefficient (Wildman–Crippen LogP) is 6.90. The third-order valence-electron chi connectivity index (χ3n) is 6.89. The van der Waals surface area contributed by atoms with Crippen molar-refractivity contribution in [3.8, 4) is 0 Å². The number of benzene rings is 1. The van der Waals surface area contributed by atoms with E-state index in [2.05, 4.69) is 6.92 Å². The lowest BCUT2D eigenvalue weighted by Crippen LogP contribution is -2.15. The van der Waals surface area contributed by atoms with Crippen LogP contribution in [0.25, 0.3) is 0 Å². The standard InChI is InChI=1S/C30H48N2O4/c1-4-5-6-7-8-9-10-11-12-13-14-15-16-17-26(28-29(34)27(23-33)36-30(28)35)31-22-24-18-20-25(21-19-24)32(2)3/h18-21,27,33-34H,4-17,22-23H2,1-3H3. The number of nitrogens with zero attached hydrogens (tertiary/aromatic N) is 2. The normalized spacial score (nSPS) is 16.1. The summed E-state index contributed by atoms with van der Waals surface area (Å²) >= 11 is 0. The number of unbranched alkanes of at least 4 members (excludes halogenated alkanes) is 12. The van der Waals surface area contributed by atoms with Crippen molar-refractivity contribution >= 4 is 17.4 Å². The highest BCUT2D eigenvalue weighted by molar-refractivity contribution is 6.21. The molecule has 0 aliphatic carbocycles. The third kappa shape index (κ3) is 10.3. The lowest BCUT2D eigenvalue weighted by molar-refractivity contribution is -0.141. The van der Waals surface area contributed by atoms with Crippen molar-refractivity contribution in [1.29, 1.82) is 0 Å². The minimum Gasteiger partial charge on any atom is -0.507 e. The number of rotatable bonds is 19. The summed E-state index contributed by atoms with van der Waals surface area (Å²) in [5.74, 6) is -0.790. The number of anilines is 1. The van der Waals surface area contributed by atoms with Gasteiger partial charge in [0.1, 0.15) is 5.57 Å². The van der Waals surface area contributed by atoms with Gasteiger partial charge in [0.05, 0.1) is 18.9 Å². The summed E-state index contributed by atoms with van der Waals surface area (Å²) in [6.45, 7) is 2.25. The van der Waals surface area contributed by atoms with Crippen molar-refractivity contribution in [2.45, 2.75) is 109 Å². The third-order valence-corrected chi connectivity index (χ3v) is 6.89. The molecule has 2 rings (SSSR count). The van der Waals surface area contributed by atoms with E-state index in [1.54, 1.807) is 0 Å². The molecule has 0 saturated heterocycles. The van der Waals surface area contributed by atoms with Gasteiger partial charge in [-0.1, -0.05) is 96.1 Å². The summed E-state index contributed by atoms with van der Waals surface area (Å²) in [4.78, 5) is 19.2. The maximum Gasteiger partial charge on any atom is 0.344 e. The van der Waals surface area contributed by atoms with E-state index in [9.17, 15) is 15.0 Å². The molecule has 0 spiro atoms. The molecule has 0 saturated carbocycles. The Morgan fingerprint density at radius 3 is 1.89 bits per heavy atom. The molecule has 1 heterocycles. The molecule has 36 heavy (non-hydrogen) atoms. The Bertz CT molecular complexity index is 830. The Balaban J connectivity index is 1.81. The van der Waals surface area contributed by atoms with Crippen LogP contribution in [-0.4, -0.2) is 48.7 Å². The minimum absolute atomic E-state index is 0.137.